The number of fused-ring (bicyclic) bond motifs is 1. The highest BCUT2D eigenvalue weighted by Gasteiger charge is 2.25. The van der Waals surface area contributed by atoms with E-state index in [1.54, 1.807) is 19.2 Å². The molecule has 0 spiro atoms. The second kappa shape index (κ2) is 7.79. The Hall–Kier alpha value is -3.61. The highest BCUT2D eigenvalue weighted by molar-refractivity contribution is 5.96. The number of nitrogens with zero attached hydrogens (tertiary/aromatic N) is 1. The van der Waals surface area contributed by atoms with E-state index in [0.29, 0.717) is 18.0 Å². The van der Waals surface area contributed by atoms with Gasteiger partial charge in [0.25, 0.3) is 11.6 Å². The Balaban J connectivity index is 1.62. The fourth-order valence-corrected chi connectivity index (χ4v) is 3.34. The van der Waals surface area contributed by atoms with Crippen LogP contribution >= 0.6 is 0 Å². The molecule has 0 aromatic heterocycles. The van der Waals surface area contributed by atoms with Crippen LogP contribution in [0.3, 0.4) is 0 Å². The molecule has 2 N–H and O–H groups in total. The highest BCUT2D eigenvalue weighted by Crippen LogP contribution is 2.31. The summed E-state index contributed by atoms with van der Waals surface area (Å²) in [5.74, 6) is 0.428. The number of methoxy groups -OCH3 is 1. The van der Waals surface area contributed by atoms with Crippen LogP contribution in [0.25, 0.3) is 10.8 Å². The second-order valence-electron chi connectivity index (χ2n) is 7.06. The molecule has 3 aromatic carbocycles. The first-order valence-electron chi connectivity index (χ1n) is 9.44. The van der Waals surface area contributed by atoms with E-state index in [9.17, 15) is 14.9 Å². The largest absolute Gasteiger partial charge is 0.496 e. The van der Waals surface area contributed by atoms with Crippen LogP contribution < -0.4 is 15.4 Å². The third kappa shape index (κ3) is 3.99. The van der Waals surface area contributed by atoms with Crippen LogP contribution in [0.1, 0.15) is 28.8 Å². The molecule has 4 rings (SSSR count). The minimum atomic E-state index is -0.476. The van der Waals surface area contributed by atoms with E-state index < -0.39 is 4.92 Å². The summed E-state index contributed by atoms with van der Waals surface area (Å²) >= 11 is 0. The molecule has 0 heterocycles. The lowest BCUT2D eigenvalue weighted by Crippen LogP contribution is -2.25. The second-order valence-corrected chi connectivity index (χ2v) is 7.06. The number of carbonyl (C=O) groups excluding carboxylic acids is 1. The van der Waals surface area contributed by atoms with Crippen molar-refractivity contribution in [3.63, 3.8) is 0 Å². The standard InChI is InChI=1S/C22H21N3O4/c1-29-21-11-7-14-4-2-3-5-17(14)18(21)13-23-19-10-6-15(12-20(19)25(27)28)22(26)24-16-8-9-16/h2-7,10-12,16,23H,8-9,13H2,1H3,(H,24,26). The van der Waals surface area contributed by atoms with Crippen molar-refractivity contribution in [2.24, 2.45) is 0 Å². The molecule has 148 valence electrons. The fraction of sp³-hybridized carbons (Fsp3) is 0.227. The molecule has 7 nitrogen and oxygen atoms in total. The molecule has 1 amide bonds. The van der Waals surface area contributed by atoms with E-state index in [1.807, 2.05) is 36.4 Å². The average Bonchev–Trinajstić information content (AvgIpc) is 3.55. The van der Waals surface area contributed by atoms with Gasteiger partial charge in [-0.1, -0.05) is 30.3 Å². The van der Waals surface area contributed by atoms with Crippen molar-refractivity contribution >= 4 is 28.1 Å². The summed E-state index contributed by atoms with van der Waals surface area (Å²) in [6, 6.07) is 16.5. The van der Waals surface area contributed by atoms with Crippen molar-refractivity contribution in [3.8, 4) is 5.75 Å². The van der Waals surface area contributed by atoms with E-state index in [2.05, 4.69) is 10.6 Å². The number of anilines is 1. The van der Waals surface area contributed by atoms with Gasteiger partial charge >= 0.3 is 0 Å². The molecule has 1 saturated carbocycles. The molecule has 29 heavy (non-hydrogen) atoms. The van der Waals surface area contributed by atoms with Gasteiger partial charge in [-0.25, -0.2) is 0 Å². The van der Waals surface area contributed by atoms with Crippen molar-refractivity contribution < 1.29 is 14.5 Å². The molecule has 0 bridgehead atoms. The van der Waals surface area contributed by atoms with Crippen molar-refractivity contribution in [2.75, 3.05) is 12.4 Å². The van der Waals surface area contributed by atoms with Gasteiger partial charge < -0.3 is 15.4 Å². The minimum Gasteiger partial charge on any atom is -0.496 e. The maximum absolute atomic E-state index is 12.2. The maximum Gasteiger partial charge on any atom is 0.293 e. The number of amides is 1. The number of nitrogens with one attached hydrogen (secondary N) is 2. The van der Waals surface area contributed by atoms with Gasteiger partial charge in [0.15, 0.2) is 0 Å². The Kier molecular flexibility index (Phi) is 5.03. The van der Waals surface area contributed by atoms with Gasteiger partial charge in [0, 0.05) is 29.8 Å². The number of benzene rings is 3. The summed E-state index contributed by atoms with van der Waals surface area (Å²) in [6.07, 6.45) is 1.92. The van der Waals surface area contributed by atoms with Crippen LogP contribution in [0, 0.1) is 10.1 Å². The predicted molar refractivity (Wildman–Crippen MR) is 111 cm³/mol. The van der Waals surface area contributed by atoms with Gasteiger partial charge in [-0.2, -0.15) is 0 Å². The third-order valence-electron chi connectivity index (χ3n) is 5.04. The third-order valence-corrected chi connectivity index (χ3v) is 5.04. The monoisotopic (exact) mass is 391 g/mol. The average molecular weight is 391 g/mol. The van der Waals surface area contributed by atoms with Gasteiger partial charge in [0.1, 0.15) is 11.4 Å². The molecule has 1 aliphatic rings. The molecular formula is C22H21N3O4. The number of nitro groups is 1. The number of ether oxygens (including phenoxy) is 1. The Bertz CT molecular complexity index is 1090. The molecular weight excluding hydrogens is 370 g/mol. The first-order chi connectivity index (χ1) is 14.1. The van der Waals surface area contributed by atoms with Gasteiger partial charge in [0.2, 0.25) is 0 Å². The number of carbonyl (C=O) groups is 1. The van der Waals surface area contributed by atoms with E-state index in [1.165, 1.54) is 6.07 Å². The lowest BCUT2D eigenvalue weighted by molar-refractivity contribution is -0.384. The zero-order valence-electron chi connectivity index (χ0n) is 16.0. The van der Waals surface area contributed by atoms with Crippen molar-refractivity contribution in [1.82, 2.24) is 5.32 Å². The number of hydrogen-bond acceptors (Lipinski definition) is 5. The Morgan fingerprint density at radius 3 is 2.69 bits per heavy atom. The molecule has 7 heteroatoms. The van der Waals surface area contributed by atoms with Crippen LogP contribution in [0.5, 0.6) is 5.75 Å². The van der Waals surface area contributed by atoms with Crippen molar-refractivity contribution in [3.05, 3.63) is 75.8 Å². The molecule has 0 radical (unpaired) electrons. The fourth-order valence-electron chi connectivity index (χ4n) is 3.34. The van der Waals surface area contributed by atoms with Crippen LogP contribution in [0.15, 0.2) is 54.6 Å². The van der Waals surface area contributed by atoms with Crippen LogP contribution in [-0.2, 0) is 6.54 Å². The Morgan fingerprint density at radius 2 is 1.97 bits per heavy atom. The lowest BCUT2D eigenvalue weighted by atomic mass is 10.0. The maximum atomic E-state index is 12.2. The number of hydrogen-bond donors (Lipinski definition) is 2. The summed E-state index contributed by atoms with van der Waals surface area (Å²) in [5.41, 5.74) is 1.42. The van der Waals surface area contributed by atoms with E-state index in [0.717, 1.165) is 29.2 Å². The summed E-state index contributed by atoms with van der Waals surface area (Å²) in [4.78, 5) is 23.3. The van der Waals surface area contributed by atoms with Crippen LogP contribution in [0.4, 0.5) is 11.4 Å². The molecule has 0 unspecified atom stereocenters. The zero-order valence-corrected chi connectivity index (χ0v) is 16.0. The predicted octanol–water partition coefficient (Wildman–Crippen LogP) is 4.26. The minimum absolute atomic E-state index is 0.132. The molecule has 0 aliphatic heterocycles. The molecule has 1 aliphatic carbocycles. The molecule has 0 saturated heterocycles. The molecule has 0 atom stereocenters. The molecule has 1 fully saturated rings. The van der Waals surface area contributed by atoms with Crippen molar-refractivity contribution in [1.29, 1.82) is 0 Å². The lowest BCUT2D eigenvalue weighted by Gasteiger charge is -2.14. The Morgan fingerprint density at radius 1 is 1.17 bits per heavy atom. The summed E-state index contributed by atoms with van der Waals surface area (Å²) in [6.45, 7) is 0.346. The quantitative estimate of drug-likeness (QED) is 0.464. The SMILES string of the molecule is COc1ccc2ccccc2c1CNc1ccc(C(=O)NC2CC2)cc1[N+](=O)[O-]. The number of rotatable bonds is 7. The van der Waals surface area contributed by atoms with Gasteiger partial charge in [-0.05, 0) is 41.8 Å². The van der Waals surface area contributed by atoms with Gasteiger partial charge in [-0.15, -0.1) is 0 Å². The van der Waals surface area contributed by atoms with Crippen molar-refractivity contribution in [2.45, 2.75) is 25.4 Å². The van der Waals surface area contributed by atoms with E-state index in [4.69, 9.17) is 4.74 Å². The number of nitro benzene ring substituents is 1. The first kappa shape index (κ1) is 18.7. The van der Waals surface area contributed by atoms with Gasteiger partial charge in [-0.3, -0.25) is 14.9 Å². The smallest absolute Gasteiger partial charge is 0.293 e. The zero-order chi connectivity index (χ0) is 20.4. The van der Waals surface area contributed by atoms with Gasteiger partial charge in [0.05, 0.1) is 12.0 Å². The highest BCUT2D eigenvalue weighted by atomic mass is 16.6. The topological polar surface area (TPSA) is 93.5 Å². The summed E-state index contributed by atoms with van der Waals surface area (Å²) in [5, 5.41) is 19.7. The summed E-state index contributed by atoms with van der Waals surface area (Å²) in [7, 11) is 1.60. The first-order valence-corrected chi connectivity index (χ1v) is 9.44. The van der Waals surface area contributed by atoms with E-state index in [-0.39, 0.29) is 23.2 Å². The Labute approximate surface area is 167 Å². The summed E-state index contributed by atoms with van der Waals surface area (Å²) < 4.78 is 5.49. The van der Waals surface area contributed by atoms with Crippen LogP contribution in [-0.4, -0.2) is 24.0 Å². The molecule has 3 aromatic rings. The normalized spacial score (nSPS) is 13.1. The van der Waals surface area contributed by atoms with E-state index >= 15 is 0 Å². The van der Waals surface area contributed by atoms with Crippen LogP contribution in [0.2, 0.25) is 0 Å².